The third kappa shape index (κ3) is 5.01. The van der Waals surface area contributed by atoms with Gasteiger partial charge in [-0.2, -0.15) is 0 Å². The van der Waals surface area contributed by atoms with Crippen LogP contribution in [0, 0.1) is 0 Å². The summed E-state index contributed by atoms with van der Waals surface area (Å²) in [5.41, 5.74) is 1.06. The average molecular weight is 432 g/mol. The Hall–Kier alpha value is -3.26. The molecule has 2 aromatic carbocycles. The summed E-state index contributed by atoms with van der Waals surface area (Å²) in [6, 6.07) is 8.37. The van der Waals surface area contributed by atoms with Crippen molar-refractivity contribution < 1.29 is 23.7 Å². The monoisotopic (exact) mass is 431 g/mol. The summed E-state index contributed by atoms with van der Waals surface area (Å²) >= 11 is 6.29. The molecule has 9 heteroatoms. The van der Waals surface area contributed by atoms with E-state index in [1.54, 1.807) is 44.6 Å². The lowest BCUT2D eigenvalue weighted by Gasteiger charge is -2.12. The molecule has 1 N–H and O–H groups in total. The fourth-order valence-corrected chi connectivity index (χ4v) is 2.89. The molecule has 158 valence electrons. The second kappa shape index (κ2) is 9.98. The van der Waals surface area contributed by atoms with E-state index in [1.165, 1.54) is 6.33 Å². The first kappa shape index (κ1) is 21.4. The second-order valence-electron chi connectivity index (χ2n) is 6.26. The Kier molecular flexibility index (Phi) is 7.13. The normalized spacial score (nSPS) is 10.5. The van der Waals surface area contributed by atoms with Crippen molar-refractivity contribution >= 4 is 34.3 Å². The molecule has 0 bridgehead atoms. The van der Waals surface area contributed by atoms with E-state index in [1.807, 2.05) is 6.92 Å². The number of methoxy groups -OCH3 is 2. The zero-order chi connectivity index (χ0) is 21.5. The van der Waals surface area contributed by atoms with Crippen molar-refractivity contribution in [2.75, 3.05) is 26.1 Å². The number of rotatable bonds is 8. The highest BCUT2D eigenvalue weighted by molar-refractivity contribution is 6.33. The standard InChI is InChI=1S/C21H22ClN3O5/c1-4-5-8-29-21(26)25-16-7-6-13(9-15(16)22)30-20-14-10-18(27-2)19(28-3)11-17(14)23-12-24-20/h6-7,9-12H,4-5,8H2,1-3H3,(H,25,26). The Morgan fingerprint density at radius 3 is 2.57 bits per heavy atom. The van der Waals surface area contributed by atoms with Crippen molar-refractivity contribution in [2.24, 2.45) is 0 Å². The molecule has 0 saturated heterocycles. The van der Waals surface area contributed by atoms with Gasteiger partial charge in [-0.05, 0) is 24.6 Å². The minimum Gasteiger partial charge on any atom is -0.493 e. The van der Waals surface area contributed by atoms with E-state index in [0.717, 1.165) is 12.8 Å². The largest absolute Gasteiger partial charge is 0.493 e. The molecule has 3 rings (SSSR count). The number of carbonyl (C=O) groups is 1. The molecule has 0 aliphatic rings. The summed E-state index contributed by atoms with van der Waals surface area (Å²) < 4.78 is 21.6. The topological polar surface area (TPSA) is 91.8 Å². The van der Waals surface area contributed by atoms with Crippen molar-refractivity contribution in [2.45, 2.75) is 19.8 Å². The number of hydrogen-bond acceptors (Lipinski definition) is 7. The number of amides is 1. The van der Waals surface area contributed by atoms with Crippen LogP contribution < -0.4 is 19.5 Å². The van der Waals surface area contributed by atoms with E-state index in [4.69, 9.17) is 30.5 Å². The quantitative estimate of drug-likeness (QED) is 0.474. The molecular formula is C21H22ClN3O5. The predicted molar refractivity (Wildman–Crippen MR) is 114 cm³/mol. The van der Waals surface area contributed by atoms with Crippen LogP contribution in [0.2, 0.25) is 5.02 Å². The molecule has 3 aromatic rings. The Morgan fingerprint density at radius 2 is 1.87 bits per heavy atom. The third-order valence-corrected chi connectivity index (χ3v) is 4.54. The lowest BCUT2D eigenvalue weighted by atomic mass is 10.2. The molecule has 0 unspecified atom stereocenters. The number of halogens is 1. The van der Waals surface area contributed by atoms with Crippen LogP contribution in [-0.2, 0) is 4.74 Å². The van der Waals surface area contributed by atoms with Gasteiger partial charge in [0.25, 0.3) is 0 Å². The minimum atomic E-state index is -0.554. The Morgan fingerprint density at radius 1 is 1.10 bits per heavy atom. The highest BCUT2D eigenvalue weighted by Gasteiger charge is 2.14. The maximum absolute atomic E-state index is 11.8. The smallest absolute Gasteiger partial charge is 0.411 e. The highest BCUT2D eigenvalue weighted by atomic mass is 35.5. The number of ether oxygens (including phenoxy) is 4. The SMILES string of the molecule is CCCCOC(=O)Nc1ccc(Oc2ncnc3cc(OC)c(OC)cc23)cc1Cl. The van der Waals surface area contributed by atoms with Gasteiger partial charge in [0.05, 0.1) is 42.4 Å². The number of fused-ring (bicyclic) bond motifs is 1. The van der Waals surface area contributed by atoms with Gasteiger partial charge in [-0.1, -0.05) is 24.9 Å². The van der Waals surface area contributed by atoms with Crippen LogP contribution in [0.15, 0.2) is 36.7 Å². The van der Waals surface area contributed by atoms with Gasteiger partial charge in [0.1, 0.15) is 12.1 Å². The fourth-order valence-electron chi connectivity index (χ4n) is 2.67. The minimum absolute atomic E-state index is 0.303. The molecule has 0 aliphatic carbocycles. The lowest BCUT2D eigenvalue weighted by Crippen LogP contribution is -2.14. The van der Waals surface area contributed by atoms with Gasteiger partial charge in [-0.3, -0.25) is 5.32 Å². The van der Waals surface area contributed by atoms with E-state index < -0.39 is 6.09 Å². The summed E-state index contributed by atoms with van der Waals surface area (Å²) in [6.07, 6.45) is 2.59. The molecule has 1 aromatic heterocycles. The van der Waals surface area contributed by atoms with Crippen molar-refractivity contribution in [3.05, 3.63) is 41.7 Å². The Labute approximate surface area is 179 Å². The highest BCUT2D eigenvalue weighted by Crippen LogP contribution is 2.36. The molecule has 0 saturated carbocycles. The maximum Gasteiger partial charge on any atom is 0.411 e. The fraction of sp³-hybridized carbons (Fsp3) is 0.286. The second-order valence-corrected chi connectivity index (χ2v) is 6.67. The van der Waals surface area contributed by atoms with Gasteiger partial charge in [0.15, 0.2) is 11.5 Å². The van der Waals surface area contributed by atoms with Crippen LogP contribution >= 0.6 is 11.6 Å². The van der Waals surface area contributed by atoms with E-state index in [9.17, 15) is 4.79 Å². The first-order valence-corrected chi connectivity index (χ1v) is 9.71. The Balaban J connectivity index is 1.80. The molecule has 1 amide bonds. The third-order valence-electron chi connectivity index (χ3n) is 4.23. The molecule has 0 atom stereocenters. The number of unbranched alkanes of at least 4 members (excludes halogenated alkanes) is 1. The summed E-state index contributed by atoms with van der Waals surface area (Å²) in [4.78, 5) is 20.3. The van der Waals surface area contributed by atoms with Gasteiger partial charge in [-0.25, -0.2) is 14.8 Å². The van der Waals surface area contributed by atoms with Gasteiger partial charge in [-0.15, -0.1) is 0 Å². The van der Waals surface area contributed by atoms with E-state index in [2.05, 4.69) is 15.3 Å². The van der Waals surface area contributed by atoms with Gasteiger partial charge >= 0.3 is 6.09 Å². The maximum atomic E-state index is 11.8. The van der Waals surface area contributed by atoms with Crippen LogP contribution in [0.25, 0.3) is 10.9 Å². The molecule has 1 heterocycles. The predicted octanol–water partition coefficient (Wildman–Crippen LogP) is 5.44. The Bertz CT molecular complexity index is 1040. The summed E-state index contributed by atoms with van der Waals surface area (Å²) in [7, 11) is 3.10. The first-order valence-electron chi connectivity index (χ1n) is 9.33. The van der Waals surface area contributed by atoms with Crippen LogP contribution in [0.4, 0.5) is 10.5 Å². The molecule has 0 radical (unpaired) electrons. The summed E-state index contributed by atoms with van der Waals surface area (Å²) in [5.74, 6) is 1.86. The number of nitrogens with zero attached hydrogens (tertiary/aromatic N) is 2. The molecular weight excluding hydrogens is 410 g/mol. The molecule has 30 heavy (non-hydrogen) atoms. The van der Waals surface area contributed by atoms with Crippen LogP contribution in [0.5, 0.6) is 23.1 Å². The van der Waals surface area contributed by atoms with Crippen molar-refractivity contribution in [3.63, 3.8) is 0 Å². The number of aromatic nitrogens is 2. The molecule has 0 fully saturated rings. The molecule has 0 aliphatic heterocycles. The lowest BCUT2D eigenvalue weighted by molar-refractivity contribution is 0.160. The van der Waals surface area contributed by atoms with Crippen molar-refractivity contribution in [1.82, 2.24) is 9.97 Å². The zero-order valence-electron chi connectivity index (χ0n) is 16.9. The summed E-state index contributed by atoms with van der Waals surface area (Å²) in [6.45, 7) is 2.38. The van der Waals surface area contributed by atoms with E-state index >= 15 is 0 Å². The van der Waals surface area contributed by atoms with Crippen molar-refractivity contribution in [1.29, 1.82) is 0 Å². The van der Waals surface area contributed by atoms with Crippen LogP contribution in [0.1, 0.15) is 19.8 Å². The molecule has 0 spiro atoms. The number of carbonyl (C=O) groups excluding carboxylic acids is 1. The molecule has 8 nitrogen and oxygen atoms in total. The number of anilines is 1. The number of hydrogen-bond donors (Lipinski definition) is 1. The average Bonchev–Trinajstić information content (AvgIpc) is 2.75. The van der Waals surface area contributed by atoms with Gasteiger partial charge in [0.2, 0.25) is 5.88 Å². The van der Waals surface area contributed by atoms with Crippen molar-refractivity contribution in [3.8, 4) is 23.1 Å². The zero-order valence-corrected chi connectivity index (χ0v) is 17.7. The number of benzene rings is 2. The van der Waals surface area contributed by atoms with E-state index in [0.29, 0.717) is 51.3 Å². The van der Waals surface area contributed by atoms with Crippen LogP contribution in [-0.4, -0.2) is 36.9 Å². The van der Waals surface area contributed by atoms with Gasteiger partial charge < -0.3 is 18.9 Å². The first-order chi connectivity index (χ1) is 14.5. The van der Waals surface area contributed by atoms with Crippen LogP contribution in [0.3, 0.4) is 0 Å². The van der Waals surface area contributed by atoms with Gasteiger partial charge in [0, 0.05) is 12.1 Å². The van der Waals surface area contributed by atoms with E-state index in [-0.39, 0.29) is 0 Å². The number of nitrogens with one attached hydrogen (secondary N) is 1. The summed E-state index contributed by atoms with van der Waals surface area (Å²) in [5, 5.41) is 3.56.